The fraction of sp³-hybridized carbons (Fsp3) is 0.333. The zero-order valence-electron chi connectivity index (χ0n) is 9.06. The minimum Gasteiger partial charge on any atom is -0.330 e. The Hall–Kier alpha value is -1.13. The zero-order valence-corrected chi connectivity index (χ0v) is 9.95. The molecule has 16 heavy (non-hydrogen) atoms. The highest BCUT2D eigenvalue weighted by atomic mass is 32.1. The molecule has 3 nitrogen and oxygen atoms in total. The van der Waals surface area contributed by atoms with Crippen LogP contribution in [0.1, 0.15) is 17.7 Å². The van der Waals surface area contributed by atoms with Gasteiger partial charge in [0, 0.05) is 11.9 Å². The summed E-state index contributed by atoms with van der Waals surface area (Å²) < 4.78 is 0. The van der Waals surface area contributed by atoms with Gasteiger partial charge in [-0.15, -0.1) is 0 Å². The Balaban J connectivity index is 2.32. The van der Waals surface area contributed by atoms with Gasteiger partial charge in [-0.1, -0.05) is 6.07 Å². The molecule has 2 N–H and O–H groups in total. The maximum absolute atomic E-state index is 5.49. The first-order valence-corrected chi connectivity index (χ1v) is 6.02. The Morgan fingerprint density at radius 1 is 1.25 bits per heavy atom. The molecule has 0 amide bonds. The highest BCUT2D eigenvalue weighted by Crippen LogP contribution is 2.14. The molecule has 0 aliphatic carbocycles. The second-order valence-corrected chi connectivity index (χ2v) is 4.05. The topological polar surface area (TPSA) is 51.8 Å². The number of hydrogen-bond donors (Lipinski definition) is 2. The van der Waals surface area contributed by atoms with E-state index in [2.05, 4.69) is 34.7 Å². The molecule has 4 heteroatoms. The fourth-order valence-electron chi connectivity index (χ4n) is 1.63. The van der Waals surface area contributed by atoms with Gasteiger partial charge < -0.3 is 5.73 Å². The van der Waals surface area contributed by atoms with Crippen molar-refractivity contribution >= 4 is 23.7 Å². The smallest absolute Gasteiger partial charge is 0.0890 e. The normalized spacial score (nSPS) is 10.9. The van der Waals surface area contributed by atoms with E-state index in [1.54, 1.807) is 6.20 Å². The van der Waals surface area contributed by atoms with Gasteiger partial charge in [-0.05, 0) is 37.1 Å². The van der Waals surface area contributed by atoms with Gasteiger partial charge in [-0.2, -0.15) is 12.6 Å². The molecule has 0 spiro atoms. The van der Waals surface area contributed by atoms with E-state index < -0.39 is 0 Å². The summed E-state index contributed by atoms with van der Waals surface area (Å²) >= 11 is 4.19. The number of aryl methyl sites for hydroxylation is 1. The lowest BCUT2D eigenvalue weighted by molar-refractivity contribution is 0.833. The molecule has 0 aliphatic heterocycles. The van der Waals surface area contributed by atoms with Gasteiger partial charge in [0.25, 0.3) is 0 Å². The van der Waals surface area contributed by atoms with Crippen molar-refractivity contribution in [3.05, 3.63) is 35.7 Å². The van der Waals surface area contributed by atoms with Crippen molar-refractivity contribution in [2.24, 2.45) is 5.73 Å². The molecule has 0 saturated carbocycles. The maximum atomic E-state index is 5.49. The molecule has 0 atom stereocenters. The molecule has 0 bridgehead atoms. The van der Waals surface area contributed by atoms with Crippen molar-refractivity contribution < 1.29 is 0 Å². The minimum absolute atomic E-state index is 0.623. The average molecular weight is 233 g/mol. The number of hydrogen-bond acceptors (Lipinski definition) is 4. The lowest BCUT2D eigenvalue weighted by Crippen LogP contribution is -2.00. The third-order valence-electron chi connectivity index (χ3n) is 2.49. The van der Waals surface area contributed by atoms with Crippen LogP contribution in [-0.2, 0) is 12.2 Å². The van der Waals surface area contributed by atoms with Crippen LogP contribution < -0.4 is 5.73 Å². The Bertz CT molecular complexity index is 485. The molecule has 0 aliphatic rings. The maximum Gasteiger partial charge on any atom is 0.0890 e. The number of nitrogens with zero attached hydrogens (tertiary/aromatic N) is 2. The summed E-state index contributed by atoms with van der Waals surface area (Å²) in [4.78, 5) is 8.83. The third-order valence-corrected chi connectivity index (χ3v) is 2.81. The number of thiol groups is 1. The first kappa shape index (κ1) is 11.4. The van der Waals surface area contributed by atoms with Crippen LogP contribution in [0.4, 0.5) is 0 Å². The first-order chi connectivity index (χ1) is 7.83. The number of nitrogens with two attached hydrogens (primary N) is 1. The van der Waals surface area contributed by atoms with Crippen LogP contribution in [-0.4, -0.2) is 16.5 Å². The number of aromatic nitrogens is 2. The predicted molar refractivity (Wildman–Crippen MR) is 69.6 cm³/mol. The van der Waals surface area contributed by atoms with Gasteiger partial charge >= 0.3 is 0 Å². The van der Waals surface area contributed by atoms with Crippen molar-refractivity contribution in [1.29, 1.82) is 0 Å². The second-order valence-electron chi connectivity index (χ2n) is 3.73. The van der Waals surface area contributed by atoms with E-state index in [1.807, 2.05) is 6.07 Å². The van der Waals surface area contributed by atoms with E-state index in [9.17, 15) is 0 Å². The molecule has 0 saturated heterocycles. The van der Waals surface area contributed by atoms with Crippen LogP contribution in [0.3, 0.4) is 0 Å². The first-order valence-electron chi connectivity index (χ1n) is 5.39. The summed E-state index contributed by atoms with van der Waals surface area (Å²) in [7, 11) is 0. The number of fused-ring (bicyclic) bond motifs is 1. The molecule has 1 aromatic carbocycles. The molecular weight excluding hydrogens is 218 g/mol. The van der Waals surface area contributed by atoms with E-state index in [0.717, 1.165) is 36.1 Å². The van der Waals surface area contributed by atoms with Crippen LogP contribution in [0.25, 0.3) is 11.0 Å². The minimum atomic E-state index is 0.623. The summed E-state index contributed by atoms with van der Waals surface area (Å²) in [6.45, 7) is 0.725. The standard InChI is InChI=1S/C12H15N3S/c13-5-1-2-9-3-4-11-12(6-9)14-7-10(8-16)15-11/h3-4,6-7,16H,1-2,5,8,13H2. The Morgan fingerprint density at radius 2 is 2.12 bits per heavy atom. The highest BCUT2D eigenvalue weighted by Gasteiger charge is 2.00. The van der Waals surface area contributed by atoms with E-state index >= 15 is 0 Å². The fourth-order valence-corrected chi connectivity index (χ4v) is 1.78. The number of benzene rings is 1. The third kappa shape index (κ3) is 2.51. The van der Waals surface area contributed by atoms with Crippen molar-refractivity contribution in [3.8, 4) is 0 Å². The van der Waals surface area contributed by atoms with Crippen molar-refractivity contribution in [3.63, 3.8) is 0 Å². The van der Waals surface area contributed by atoms with Gasteiger partial charge in [0.1, 0.15) is 0 Å². The van der Waals surface area contributed by atoms with Crippen molar-refractivity contribution in [2.45, 2.75) is 18.6 Å². The summed E-state index contributed by atoms with van der Waals surface area (Å²) in [6.07, 6.45) is 3.79. The van der Waals surface area contributed by atoms with E-state index in [0.29, 0.717) is 5.75 Å². The Morgan fingerprint density at radius 3 is 2.88 bits per heavy atom. The molecule has 2 rings (SSSR count). The lowest BCUT2D eigenvalue weighted by atomic mass is 10.1. The molecular formula is C12H15N3S. The van der Waals surface area contributed by atoms with Crippen LogP contribution in [0.2, 0.25) is 0 Å². The second kappa shape index (κ2) is 5.27. The van der Waals surface area contributed by atoms with E-state index in [-0.39, 0.29) is 0 Å². The van der Waals surface area contributed by atoms with Gasteiger partial charge in [-0.25, -0.2) is 4.98 Å². The molecule has 0 radical (unpaired) electrons. The molecule has 0 fully saturated rings. The van der Waals surface area contributed by atoms with Crippen LogP contribution in [0.5, 0.6) is 0 Å². The average Bonchev–Trinajstić information content (AvgIpc) is 2.35. The summed E-state index contributed by atoms with van der Waals surface area (Å²) in [6, 6.07) is 6.19. The molecule has 84 valence electrons. The van der Waals surface area contributed by atoms with Crippen molar-refractivity contribution in [2.75, 3.05) is 6.54 Å². The summed E-state index contributed by atoms with van der Waals surface area (Å²) in [5.41, 5.74) is 9.55. The monoisotopic (exact) mass is 233 g/mol. The Labute approximate surface area is 101 Å². The largest absolute Gasteiger partial charge is 0.330 e. The van der Waals surface area contributed by atoms with Crippen LogP contribution in [0, 0.1) is 0 Å². The summed E-state index contributed by atoms with van der Waals surface area (Å²) in [5, 5.41) is 0. The molecule has 2 aromatic rings. The quantitative estimate of drug-likeness (QED) is 0.794. The molecule has 0 unspecified atom stereocenters. The summed E-state index contributed by atoms with van der Waals surface area (Å²) in [5.74, 6) is 0.623. The van der Waals surface area contributed by atoms with Gasteiger partial charge in [0.15, 0.2) is 0 Å². The highest BCUT2D eigenvalue weighted by molar-refractivity contribution is 7.79. The van der Waals surface area contributed by atoms with Gasteiger partial charge in [0.2, 0.25) is 0 Å². The Kier molecular flexibility index (Phi) is 3.74. The van der Waals surface area contributed by atoms with Crippen LogP contribution in [0.15, 0.2) is 24.4 Å². The van der Waals surface area contributed by atoms with E-state index in [1.165, 1.54) is 5.56 Å². The lowest BCUT2D eigenvalue weighted by Gasteiger charge is -2.03. The van der Waals surface area contributed by atoms with Crippen LogP contribution >= 0.6 is 12.6 Å². The number of rotatable bonds is 4. The van der Waals surface area contributed by atoms with Gasteiger partial charge in [-0.3, -0.25) is 4.98 Å². The van der Waals surface area contributed by atoms with E-state index in [4.69, 9.17) is 5.73 Å². The van der Waals surface area contributed by atoms with Gasteiger partial charge in [0.05, 0.1) is 16.7 Å². The molecule has 1 aromatic heterocycles. The molecule has 1 heterocycles. The SMILES string of the molecule is NCCCc1ccc2nc(CS)cnc2c1. The van der Waals surface area contributed by atoms with Crippen molar-refractivity contribution in [1.82, 2.24) is 9.97 Å². The zero-order chi connectivity index (χ0) is 11.4. The predicted octanol–water partition coefficient (Wildman–Crippen LogP) is 1.95.